The summed E-state index contributed by atoms with van der Waals surface area (Å²) < 4.78 is 10.5. The molecule has 1 fully saturated rings. The van der Waals surface area contributed by atoms with Crippen molar-refractivity contribution < 1.29 is 19.1 Å². The van der Waals surface area contributed by atoms with Crippen LogP contribution in [0.3, 0.4) is 0 Å². The van der Waals surface area contributed by atoms with Gasteiger partial charge in [0.1, 0.15) is 11.9 Å². The molecule has 0 spiro atoms. The summed E-state index contributed by atoms with van der Waals surface area (Å²) in [6.07, 6.45) is 1.28. The molecule has 108 valence electrons. The third-order valence-electron chi connectivity index (χ3n) is 3.24. The van der Waals surface area contributed by atoms with E-state index < -0.39 is 0 Å². The van der Waals surface area contributed by atoms with E-state index in [2.05, 4.69) is 0 Å². The van der Waals surface area contributed by atoms with Crippen LogP contribution in [-0.4, -0.2) is 36.2 Å². The molecule has 0 atom stereocenters. The zero-order valence-electron chi connectivity index (χ0n) is 11.6. The number of rotatable bonds is 3. The van der Waals surface area contributed by atoms with Gasteiger partial charge in [0.2, 0.25) is 0 Å². The lowest BCUT2D eigenvalue weighted by atomic mass is 10.1. The maximum absolute atomic E-state index is 11.9. The first-order valence-electron chi connectivity index (χ1n) is 6.90. The first-order valence-corrected chi connectivity index (χ1v) is 6.90. The summed E-state index contributed by atoms with van der Waals surface area (Å²) in [5.74, 6) is 0.354. The average Bonchev–Trinajstić information content (AvgIpc) is 2.49. The Bertz CT molecular complexity index is 452. The third-order valence-corrected chi connectivity index (χ3v) is 3.24. The number of hydrogen-bond donors (Lipinski definition) is 0. The Balaban J connectivity index is 1.78. The van der Waals surface area contributed by atoms with E-state index in [1.807, 2.05) is 18.2 Å². The minimum atomic E-state index is -0.350. The normalized spacial score (nSPS) is 15.8. The SMILES string of the molecule is CCC(=O)OC1CCN(C(=O)Oc2ccccc2)CC1. The summed E-state index contributed by atoms with van der Waals surface area (Å²) in [6, 6.07) is 8.99. The number of nitrogens with zero attached hydrogens (tertiary/aromatic N) is 1. The molecule has 1 aromatic carbocycles. The number of para-hydroxylation sites is 1. The highest BCUT2D eigenvalue weighted by molar-refractivity contribution is 5.71. The van der Waals surface area contributed by atoms with Crippen LogP contribution >= 0.6 is 0 Å². The molecule has 1 aliphatic rings. The highest BCUT2D eigenvalue weighted by atomic mass is 16.6. The van der Waals surface area contributed by atoms with Crippen LogP contribution in [-0.2, 0) is 9.53 Å². The smallest absolute Gasteiger partial charge is 0.415 e. The molecule has 1 saturated heterocycles. The lowest BCUT2D eigenvalue weighted by Crippen LogP contribution is -2.42. The number of carbonyl (C=O) groups is 2. The van der Waals surface area contributed by atoms with Gasteiger partial charge in [0, 0.05) is 32.4 Å². The van der Waals surface area contributed by atoms with E-state index in [1.54, 1.807) is 24.0 Å². The average molecular weight is 277 g/mol. The van der Waals surface area contributed by atoms with Crippen LogP contribution in [0, 0.1) is 0 Å². The molecular formula is C15H19NO4. The van der Waals surface area contributed by atoms with Gasteiger partial charge >= 0.3 is 12.1 Å². The van der Waals surface area contributed by atoms with E-state index in [0.29, 0.717) is 38.1 Å². The predicted octanol–water partition coefficient (Wildman–Crippen LogP) is 2.60. The van der Waals surface area contributed by atoms with Gasteiger partial charge in [-0.2, -0.15) is 0 Å². The molecule has 0 aromatic heterocycles. The number of esters is 1. The van der Waals surface area contributed by atoms with Crippen LogP contribution in [0.1, 0.15) is 26.2 Å². The first-order chi connectivity index (χ1) is 9.69. The van der Waals surface area contributed by atoms with Crippen LogP contribution in [0.15, 0.2) is 30.3 Å². The summed E-state index contributed by atoms with van der Waals surface area (Å²) >= 11 is 0. The van der Waals surface area contributed by atoms with Crippen molar-refractivity contribution in [2.75, 3.05) is 13.1 Å². The van der Waals surface area contributed by atoms with Crippen molar-refractivity contribution in [2.24, 2.45) is 0 Å². The Morgan fingerprint density at radius 3 is 2.45 bits per heavy atom. The number of hydrogen-bond acceptors (Lipinski definition) is 4. The van der Waals surface area contributed by atoms with Gasteiger partial charge in [0.15, 0.2) is 0 Å². The van der Waals surface area contributed by atoms with E-state index in [0.717, 1.165) is 0 Å². The van der Waals surface area contributed by atoms with Gasteiger partial charge in [-0.1, -0.05) is 25.1 Å². The third kappa shape index (κ3) is 3.98. The maximum atomic E-state index is 11.9. The van der Waals surface area contributed by atoms with Crippen LogP contribution in [0.4, 0.5) is 4.79 Å². The van der Waals surface area contributed by atoms with E-state index in [-0.39, 0.29) is 18.2 Å². The predicted molar refractivity (Wildman–Crippen MR) is 73.4 cm³/mol. The van der Waals surface area contributed by atoms with Crippen molar-refractivity contribution in [2.45, 2.75) is 32.3 Å². The Hall–Kier alpha value is -2.04. The molecule has 0 unspecified atom stereocenters. The van der Waals surface area contributed by atoms with Crippen LogP contribution in [0.25, 0.3) is 0 Å². The standard InChI is InChI=1S/C15H19NO4/c1-2-14(17)19-13-8-10-16(11-9-13)15(18)20-12-6-4-3-5-7-12/h3-7,13H,2,8-11H2,1H3. The fourth-order valence-electron chi connectivity index (χ4n) is 2.08. The maximum Gasteiger partial charge on any atom is 0.415 e. The molecule has 1 aromatic rings. The number of amides is 1. The minimum absolute atomic E-state index is 0.0803. The Morgan fingerprint density at radius 2 is 1.85 bits per heavy atom. The zero-order valence-corrected chi connectivity index (χ0v) is 11.6. The Morgan fingerprint density at radius 1 is 1.20 bits per heavy atom. The molecule has 5 heteroatoms. The number of ether oxygens (including phenoxy) is 2. The fourth-order valence-corrected chi connectivity index (χ4v) is 2.08. The molecule has 0 bridgehead atoms. The van der Waals surface area contributed by atoms with Gasteiger partial charge in [0.25, 0.3) is 0 Å². The summed E-state index contributed by atoms with van der Waals surface area (Å²) in [6.45, 7) is 2.87. The van der Waals surface area contributed by atoms with Crippen LogP contribution in [0.5, 0.6) is 5.75 Å². The molecule has 20 heavy (non-hydrogen) atoms. The largest absolute Gasteiger partial charge is 0.462 e. The van der Waals surface area contributed by atoms with E-state index in [1.165, 1.54) is 0 Å². The summed E-state index contributed by atoms with van der Waals surface area (Å²) in [4.78, 5) is 24.8. The number of piperidine rings is 1. The lowest BCUT2D eigenvalue weighted by molar-refractivity contribution is -0.150. The van der Waals surface area contributed by atoms with Gasteiger partial charge in [-0.15, -0.1) is 0 Å². The van der Waals surface area contributed by atoms with Crippen molar-refractivity contribution in [3.63, 3.8) is 0 Å². The molecular weight excluding hydrogens is 258 g/mol. The van der Waals surface area contributed by atoms with Gasteiger partial charge in [0.05, 0.1) is 0 Å². The number of carbonyl (C=O) groups excluding carboxylic acids is 2. The molecule has 2 rings (SSSR count). The van der Waals surface area contributed by atoms with Gasteiger partial charge in [-0.3, -0.25) is 4.79 Å². The highest BCUT2D eigenvalue weighted by Crippen LogP contribution is 2.17. The summed E-state index contributed by atoms with van der Waals surface area (Å²) in [5, 5.41) is 0. The van der Waals surface area contributed by atoms with E-state index >= 15 is 0 Å². The van der Waals surface area contributed by atoms with Gasteiger partial charge in [-0.05, 0) is 12.1 Å². The Labute approximate surface area is 118 Å². The number of likely N-dealkylation sites (tertiary alicyclic amines) is 1. The van der Waals surface area contributed by atoms with Crippen molar-refractivity contribution in [3.8, 4) is 5.75 Å². The molecule has 0 radical (unpaired) electrons. The monoisotopic (exact) mass is 277 g/mol. The molecule has 1 heterocycles. The molecule has 0 N–H and O–H groups in total. The number of benzene rings is 1. The minimum Gasteiger partial charge on any atom is -0.462 e. The van der Waals surface area contributed by atoms with Crippen molar-refractivity contribution in [3.05, 3.63) is 30.3 Å². The topological polar surface area (TPSA) is 55.8 Å². The molecule has 0 aliphatic carbocycles. The second-order valence-corrected chi connectivity index (χ2v) is 4.71. The van der Waals surface area contributed by atoms with Crippen molar-refractivity contribution in [1.82, 2.24) is 4.90 Å². The molecule has 5 nitrogen and oxygen atoms in total. The summed E-state index contributed by atoms with van der Waals surface area (Å²) in [5.41, 5.74) is 0. The first kappa shape index (κ1) is 14.4. The zero-order chi connectivity index (χ0) is 14.4. The quantitative estimate of drug-likeness (QED) is 0.797. The summed E-state index contributed by atoms with van der Waals surface area (Å²) in [7, 11) is 0. The van der Waals surface area contributed by atoms with E-state index in [4.69, 9.17) is 9.47 Å². The van der Waals surface area contributed by atoms with Crippen molar-refractivity contribution in [1.29, 1.82) is 0 Å². The second kappa shape index (κ2) is 6.93. The van der Waals surface area contributed by atoms with Crippen molar-refractivity contribution >= 4 is 12.1 Å². The Kier molecular flexibility index (Phi) is 4.98. The van der Waals surface area contributed by atoms with Crippen LogP contribution < -0.4 is 4.74 Å². The van der Waals surface area contributed by atoms with Gasteiger partial charge in [-0.25, -0.2) is 4.79 Å². The molecule has 0 saturated carbocycles. The lowest BCUT2D eigenvalue weighted by Gasteiger charge is -2.30. The molecule has 1 amide bonds. The fraction of sp³-hybridized carbons (Fsp3) is 0.467. The molecule has 1 aliphatic heterocycles. The second-order valence-electron chi connectivity index (χ2n) is 4.71. The van der Waals surface area contributed by atoms with Gasteiger partial charge < -0.3 is 14.4 Å². The highest BCUT2D eigenvalue weighted by Gasteiger charge is 2.25. The van der Waals surface area contributed by atoms with E-state index in [9.17, 15) is 9.59 Å². The van der Waals surface area contributed by atoms with Crippen LogP contribution in [0.2, 0.25) is 0 Å².